The second kappa shape index (κ2) is 8.37. The van der Waals surface area contributed by atoms with Crippen LogP contribution in [0.5, 0.6) is 0 Å². The smallest absolute Gasteiger partial charge is 0.377 e. The number of methoxy groups -OCH3 is 1. The average Bonchev–Trinajstić information content (AvgIpc) is 2.61. The molecule has 2 N–H and O–H groups in total. The minimum Gasteiger partial charge on any atom is -0.377 e. The number of aromatic nitrogens is 2. The Kier molecular flexibility index (Phi) is 6.13. The molecule has 0 spiro atoms. The Morgan fingerprint density at radius 1 is 1.26 bits per heavy atom. The molecule has 2 heterocycles. The summed E-state index contributed by atoms with van der Waals surface area (Å²) in [6, 6.07) is 4.06. The van der Waals surface area contributed by atoms with Gasteiger partial charge in [0, 0.05) is 51.3 Å². The summed E-state index contributed by atoms with van der Waals surface area (Å²) in [4.78, 5) is 10.8. The number of ether oxygens (including phenoxy) is 1. The van der Waals surface area contributed by atoms with Gasteiger partial charge in [0.05, 0.1) is 11.1 Å². The molecule has 1 aliphatic rings. The maximum atomic E-state index is 13.4. The van der Waals surface area contributed by atoms with E-state index in [0.717, 1.165) is 38.8 Å². The molecule has 1 atom stereocenters. The minimum atomic E-state index is -4.48. The Bertz CT molecular complexity index is 777. The Balaban J connectivity index is 1.93. The van der Waals surface area contributed by atoms with Crippen LogP contribution in [-0.2, 0) is 17.5 Å². The second-order valence-electron chi connectivity index (χ2n) is 6.72. The highest BCUT2D eigenvalue weighted by molar-refractivity contribution is 5.91. The topological polar surface area (TPSA) is 62.3 Å². The minimum absolute atomic E-state index is 0.0196. The van der Waals surface area contributed by atoms with Crippen LogP contribution in [0, 0.1) is 0 Å². The van der Waals surface area contributed by atoms with E-state index in [1.807, 2.05) is 6.92 Å². The van der Waals surface area contributed by atoms with Crippen LogP contribution in [0.1, 0.15) is 18.3 Å². The van der Waals surface area contributed by atoms with Gasteiger partial charge in [0.25, 0.3) is 0 Å². The summed E-state index contributed by atoms with van der Waals surface area (Å²) < 4.78 is 45.3. The van der Waals surface area contributed by atoms with Crippen molar-refractivity contribution in [2.45, 2.75) is 25.7 Å². The maximum absolute atomic E-state index is 13.4. The van der Waals surface area contributed by atoms with Crippen LogP contribution in [0.4, 0.5) is 19.0 Å². The molecule has 27 heavy (non-hydrogen) atoms. The third-order valence-corrected chi connectivity index (χ3v) is 4.48. The molecule has 1 aromatic heterocycles. The van der Waals surface area contributed by atoms with Crippen molar-refractivity contribution in [3.8, 4) is 0 Å². The molecule has 0 unspecified atom stereocenters. The monoisotopic (exact) mass is 383 g/mol. The van der Waals surface area contributed by atoms with E-state index in [9.17, 15) is 13.2 Å². The molecule has 148 valence electrons. The first-order valence-corrected chi connectivity index (χ1v) is 8.94. The quantitative estimate of drug-likeness (QED) is 0.799. The normalized spacial score (nSPS) is 17.2. The van der Waals surface area contributed by atoms with Crippen molar-refractivity contribution in [3.63, 3.8) is 0 Å². The number of benzene rings is 1. The third-order valence-electron chi connectivity index (χ3n) is 4.48. The van der Waals surface area contributed by atoms with Gasteiger partial charge in [-0.2, -0.15) is 13.2 Å². The highest BCUT2D eigenvalue weighted by Crippen LogP contribution is 2.35. The van der Waals surface area contributed by atoms with Gasteiger partial charge < -0.3 is 15.4 Å². The first-order valence-electron chi connectivity index (χ1n) is 8.94. The van der Waals surface area contributed by atoms with Crippen molar-refractivity contribution in [2.75, 3.05) is 45.2 Å². The zero-order valence-corrected chi connectivity index (χ0v) is 15.4. The molecule has 1 fully saturated rings. The van der Waals surface area contributed by atoms with Crippen molar-refractivity contribution in [1.29, 1.82) is 0 Å². The molecule has 3 rings (SSSR count). The SMILES string of the molecule is COCc1nc(N[C@@H](C)CN2CCNCC2)c2cccc(C(F)(F)F)c2n1. The van der Waals surface area contributed by atoms with E-state index < -0.39 is 11.7 Å². The van der Waals surface area contributed by atoms with Crippen molar-refractivity contribution in [2.24, 2.45) is 0 Å². The molecule has 0 radical (unpaired) electrons. The summed E-state index contributed by atoms with van der Waals surface area (Å²) in [5, 5.41) is 6.93. The number of rotatable bonds is 6. The number of hydrogen-bond donors (Lipinski definition) is 2. The van der Waals surface area contributed by atoms with Gasteiger partial charge in [0.1, 0.15) is 12.4 Å². The van der Waals surface area contributed by atoms with Crippen LogP contribution >= 0.6 is 0 Å². The molecule has 0 bridgehead atoms. The number of piperazine rings is 1. The van der Waals surface area contributed by atoms with Crippen LogP contribution in [0.3, 0.4) is 0 Å². The van der Waals surface area contributed by atoms with Gasteiger partial charge >= 0.3 is 6.18 Å². The summed E-state index contributed by atoms with van der Waals surface area (Å²) in [5.74, 6) is 0.624. The van der Waals surface area contributed by atoms with Gasteiger partial charge in [0.2, 0.25) is 0 Å². The lowest BCUT2D eigenvalue weighted by Crippen LogP contribution is -2.47. The fourth-order valence-electron chi connectivity index (χ4n) is 3.29. The van der Waals surface area contributed by atoms with Crippen LogP contribution in [0.15, 0.2) is 18.2 Å². The lowest BCUT2D eigenvalue weighted by Gasteiger charge is -2.30. The molecule has 1 saturated heterocycles. The molecular weight excluding hydrogens is 359 g/mol. The Morgan fingerprint density at radius 3 is 2.67 bits per heavy atom. The van der Waals surface area contributed by atoms with Gasteiger partial charge in [-0.05, 0) is 19.1 Å². The number of fused-ring (bicyclic) bond motifs is 1. The number of halogens is 3. The predicted octanol–water partition coefficient (Wildman–Crippen LogP) is 2.50. The zero-order valence-electron chi connectivity index (χ0n) is 15.4. The van der Waals surface area contributed by atoms with E-state index >= 15 is 0 Å². The van der Waals surface area contributed by atoms with E-state index in [1.54, 1.807) is 6.07 Å². The highest BCUT2D eigenvalue weighted by Gasteiger charge is 2.34. The van der Waals surface area contributed by atoms with E-state index in [4.69, 9.17) is 4.74 Å². The summed E-state index contributed by atoms with van der Waals surface area (Å²) in [6.07, 6.45) is -4.48. The number of hydrogen-bond acceptors (Lipinski definition) is 6. The fraction of sp³-hybridized carbons (Fsp3) is 0.556. The van der Waals surface area contributed by atoms with Crippen LogP contribution in [-0.4, -0.2) is 60.7 Å². The lowest BCUT2D eigenvalue weighted by atomic mass is 10.1. The summed E-state index contributed by atoms with van der Waals surface area (Å²) in [6.45, 7) is 6.61. The van der Waals surface area contributed by atoms with E-state index in [2.05, 4.69) is 25.5 Å². The van der Waals surface area contributed by atoms with Crippen molar-refractivity contribution in [1.82, 2.24) is 20.2 Å². The maximum Gasteiger partial charge on any atom is 0.418 e. The standard InChI is InChI=1S/C18H24F3N5O/c1-12(10-26-8-6-22-7-9-26)23-17-13-4-3-5-14(18(19,20)21)16(13)24-15(25-17)11-27-2/h3-5,12,22H,6-11H2,1-2H3,(H,23,24,25)/t12-/m0/s1. The zero-order chi connectivity index (χ0) is 19.4. The first kappa shape index (κ1) is 19.8. The summed E-state index contributed by atoms with van der Waals surface area (Å²) in [5.41, 5.74) is -0.874. The molecule has 0 aliphatic carbocycles. The lowest BCUT2D eigenvalue weighted by molar-refractivity contribution is -0.136. The van der Waals surface area contributed by atoms with E-state index in [1.165, 1.54) is 13.2 Å². The van der Waals surface area contributed by atoms with Crippen molar-refractivity contribution < 1.29 is 17.9 Å². The van der Waals surface area contributed by atoms with Crippen molar-refractivity contribution >= 4 is 16.7 Å². The molecule has 2 aromatic rings. The largest absolute Gasteiger partial charge is 0.418 e. The van der Waals surface area contributed by atoms with Gasteiger partial charge in [-0.3, -0.25) is 4.90 Å². The first-order chi connectivity index (χ1) is 12.9. The van der Waals surface area contributed by atoms with Gasteiger partial charge in [-0.1, -0.05) is 6.07 Å². The second-order valence-corrected chi connectivity index (χ2v) is 6.72. The number of para-hydroxylation sites is 1. The van der Waals surface area contributed by atoms with Crippen LogP contribution in [0.2, 0.25) is 0 Å². The Morgan fingerprint density at radius 2 is 2.00 bits per heavy atom. The van der Waals surface area contributed by atoms with Gasteiger partial charge in [-0.25, -0.2) is 9.97 Å². The fourth-order valence-corrected chi connectivity index (χ4v) is 3.29. The summed E-state index contributed by atoms with van der Waals surface area (Å²) in [7, 11) is 1.46. The third kappa shape index (κ3) is 4.85. The number of anilines is 1. The van der Waals surface area contributed by atoms with E-state index in [-0.39, 0.29) is 24.0 Å². The predicted molar refractivity (Wildman–Crippen MR) is 97.6 cm³/mol. The van der Waals surface area contributed by atoms with E-state index in [0.29, 0.717) is 11.2 Å². The molecule has 6 nitrogen and oxygen atoms in total. The Labute approximate surface area is 156 Å². The summed E-state index contributed by atoms with van der Waals surface area (Å²) >= 11 is 0. The van der Waals surface area contributed by atoms with Crippen LogP contribution < -0.4 is 10.6 Å². The van der Waals surface area contributed by atoms with Gasteiger partial charge in [0.15, 0.2) is 5.82 Å². The van der Waals surface area contributed by atoms with Crippen LogP contribution in [0.25, 0.3) is 10.9 Å². The highest BCUT2D eigenvalue weighted by atomic mass is 19.4. The molecule has 1 aliphatic heterocycles. The molecular formula is C18H24F3N5O. The molecule has 0 amide bonds. The molecule has 1 aromatic carbocycles. The average molecular weight is 383 g/mol. The van der Waals surface area contributed by atoms with Gasteiger partial charge in [-0.15, -0.1) is 0 Å². The Hall–Kier alpha value is -1.97. The molecule has 9 heteroatoms. The number of nitrogens with zero attached hydrogens (tertiary/aromatic N) is 3. The van der Waals surface area contributed by atoms with Crippen molar-refractivity contribution in [3.05, 3.63) is 29.6 Å². The number of nitrogens with one attached hydrogen (secondary N) is 2. The molecule has 0 saturated carbocycles. The number of alkyl halides is 3.